The maximum atomic E-state index is 10.4. The minimum absolute atomic E-state index is 0.381. The molecule has 14 heavy (non-hydrogen) atoms. The summed E-state index contributed by atoms with van der Waals surface area (Å²) in [5, 5.41) is 8.51. The molecule has 1 atom stereocenters. The number of nitrogens with zero attached hydrogens (tertiary/aromatic N) is 2. The molecule has 76 valence electrons. The fraction of sp³-hybridized carbons (Fsp3) is 0.375. The molecule has 1 rings (SSSR count). The third-order valence-corrected chi connectivity index (χ3v) is 2.58. The molecule has 0 aliphatic carbocycles. The van der Waals surface area contributed by atoms with Crippen molar-refractivity contribution in [1.82, 2.24) is 9.97 Å². The number of hydrogen-bond acceptors (Lipinski definition) is 5. The normalized spacial score (nSPS) is 12.4. The second-order valence-corrected chi connectivity index (χ2v) is 3.69. The average molecular weight is 213 g/mol. The predicted molar refractivity (Wildman–Crippen MR) is 53.8 cm³/mol. The Morgan fingerprint density at radius 3 is 3.00 bits per heavy atom. The second kappa shape index (κ2) is 5.56. The van der Waals surface area contributed by atoms with Gasteiger partial charge >= 0.3 is 5.97 Å². The molecule has 1 aromatic rings. The van der Waals surface area contributed by atoms with Crippen molar-refractivity contribution in [2.24, 2.45) is 5.73 Å². The van der Waals surface area contributed by atoms with Crippen LogP contribution in [-0.2, 0) is 10.5 Å². The van der Waals surface area contributed by atoms with E-state index >= 15 is 0 Å². The van der Waals surface area contributed by atoms with Gasteiger partial charge < -0.3 is 10.8 Å². The highest BCUT2D eigenvalue weighted by Crippen LogP contribution is 2.09. The minimum Gasteiger partial charge on any atom is -0.480 e. The summed E-state index contributed by atoms with van der Waals surface area (Å²) >= 11 is 1.43. The quantitative estimate of drug-likeness (QED) is 0.722. The fourth-order valence-corrected chi connectivity index (χ4v) is 1.64. The Kier molecular flexibility index (Phi) is 4.34. The Labute approximate surface area is 85.7 Å². The first-order chi connectivity index (χ1) is 6.70. The molecule has 3 N–H and O–H groups in total. The van der Waals surface area contributed by atoms with E-state index in [2.05, 4.69) is 9.97 Å². The van der Waals surface area contributed by atoms with Crippen LogP contribution in [0.2, 0.25) is 0 Å². The number of carboxylic acid groups (broad SMARTS) is 1. The number of nitrogens with two attached hydrogens (primary N) is 1. The molecule has 6 heteroatoms. The van der Waals surface area contributed by atoms with Crippen molar-refractivity contribution in [2.45, 2.75) is 11.8 Å². The van der Waals surface area contributed by atoms with Crippen LogP contribution in [0.15, 0.2) is 18.6 Å². The summed E-state index contributed by atoms with van der Waals surface area (Å²) in [7, 11) is 0. The van der Waals surface area contributed by atoms with E-state index < -0.39 is 12.0 Å². The van der Waals surface area contributed by atoms with E-state index in [1.807, 2.05) is 0 Å². The molecule has 0 bridgehead atoms. The van der Waals surface area contributed by atoms with E-state index in [9.17, 15) is 4.79 Å². The van der Waals surface area contributed by atoms with Crippen molar-refractivity contribution >= 4 is 17.7 Å². The number of carbonyl (C=O) groups is 1. The van der Waals surface area contributed by atoms with E-state index in [4.69, 9.17) is 10.8 Å². The minimum atomic E-state index is -0.975. The Morgan fingerprint density at radius 1 is 1.64 bits per heavy atom. The van der Waals surface area contributed by atoms with Gasteiger partial charge in [-0.2, -0.15) is 11.8 Å². The number of rotatable bonds is 5. The van der Waals surface area contributed by atoms with E-state index in [1.165, 1.54) is 11.8 Å². The smallest absolute Gasteiger partial charge is 0.321 e. The van der Waals surface area contributed by atoms with Crippen LogP contribution in [0.1, 0.15) is 5.69 Å². The van der Waals surface area contributed by atoms with Crippen LogP contribution in [0.3, 0.4) is 0 Å². The molecule has 1 heterocycles. The van der Waals surface area contributed by atoms with Crippen LogP contribution in [0.5, 0.6) is 0 Å². The topological polar surface area (TPSA) is 89.1 Å². The SMILES string of the molecule is N[C@H](CSCc1cnccn1)C(=O)O. The van der Waals surface area contributed by atoms with Crippen LogP contribution < -0.4 is 5.73 Å². The Balaban J connectivity index is 2.26. The molecule has 0 spiro atoms. The van der Waals surface area contributed by atoms with E-state index in [1.54, 1.807) is 18.6 Å². The van der Waals surface area contributed by atoms with Gasteiger partial charge in [0.05, 0.1) is 5.69 Å². The molecule has 0 aliphatic heterocycles. The molecule has 0 fully saturated rings. The van der Waals surface area contributed by atoms with Crippen molar-refractivity contribution in [3.8, 4) is 0 Å². The standard InChI is InChI=1S/C8H11N3O2S/c9-7(8(12)13)5-14-4-6-3-10-1-2-11-6/h1-3,7H,4-5,9H2,(H,12,13)/t7-/m1/s1. The molecular weight excluding hydrogens is 202 g/mol. The molecule has 0 radical (unpaired) electrons. The molecule has 0 unspecified atom stereocenters. The molecule has 0 amide bonds. The summed E-state index contributed by atoms with van der Waals surface area (Å²) in [5.41, 5.74) is 6.15. The van der Waals surface area contributed by atoms with Crippen LogP contribution in [0.4, 0.5) is 0 Å². The summed E-state index contributed by atoms with van der Waals surface area (Å²) in [6, 6.07) is -0.809. The molecule has 5 nitrogen and oxygen atoms in total. The third kappa shape index (κ3) is 3.71. The van der Waals surface area contributed by atoms with Crippen molar-refractivity contribution in [3.05, 3.63) is 24.3 Å². The van der Waals surface area contributed by atoms with Gasteiger partial charge in [0.25, 0.3) is 0 Å². The lowest BCUT2D eigenvalue weighted by atomic mass is 10.4. The number of aliphatic carboxylic acids is 1. The molecule has 0 saturated heterocycles. The third-order valence-electron chi connectivity index (χ3n) is 1.48. The fourth-order valence-electron chi connectivity index (χ4n) is 0.766. The summed E-state index contributed by atoms with van der Waals surface area (Å²) in [6.07, 6.45) is 4.85. The first kappa shape index (κ1) is 10.9. The molecule has 1 aromatic heterocycles. The van der Waals surface area contributed by atoms with Gasteiger partial charge in [0.15, 0.2) is 0 Å². The summed E-state index contributed by atoms with van der Waals surface area (Å²) < 4.78 is 0. The maximum absolute atomic E-state index is 10.4. The number of hydrogen-bond donors (Lipinski definition) is 2. The van der Waals surface area contributed by atoms with E-state index in [0.29, 0.717) is 11.5 Å². The van der Waals surface area contributed by atoms with Gasteiger partial charge in [0.2, 0.25) is 0 Å². The van der Waals surface area contributed by atoms with Crippen molar-refractivity contribution in [1.29, 1.82) is 0 Å². The Hall–Kier alpha value is -1.14. The highest BCUT2D eigenvalue weighted by molar-refractivity contribution is 7.98. The van der Waals surface area contributed by atoms with Crippen LogP contribution >= 0.6 is 11.8 Å². The second-order valence-electron chi connectivity index (χ2n) is 2.66. The summed E-state index contributed by atoms with van der Waals surface area (Å²) in [4.78, 5) is 18.3. The van der Waals surface area contributed by atoms with Crippen molar-refractivity contribution in [2.75, 3.05) is 5.75 Å². The molecule has 0 saturated carbocycles. The van der Waals surface area contributed by atoms with Gasteiger partial charge in [-0.05, 0) is 0 Å². The molecule has 0 aliphatic rings. The van der Waals surface area contributed by atoms with Crippen molar-refractivity contribution < 1.29 is 9.90 Å². The average Bonchev–Trinajstić information content (AvgIpc) is 2.19. The van der Waals surface area contributed by atoms with E-state index in [0.717, 1.165) is 5.69 Å². The van der Waals surface area contributed by atoms with Gasteiger partial charge in [-0.15, -0.1) is 0 Å². The predicted octanol–water partition coefficient (Wildman–Crippen LogP) is 0.122. The monoisotopic (exact) mass is 213 g/mol. The number of thioether (sulfide) groups is 1. The van der Waals surface area contributed by atoms with Crippen LogP contribution in [0, 0.1) is 0 Å². The Morgan fingerprint density at radius 2 is 2.43 bits per heavy atom. The Bertz CT molecular complexity index is 294. The maximum Gasteiger partial charge on any atom is 0.321 e. The van der Waals surface area contributed by atoms with E-state index in [-0.39, 0.29) is 0 Å². The number of carboxylic acids is 1. The highest BCUT2D eigenvalue weighted by Gasteiger charge is 2.10. The van der Waals surface area contributed by atoms with Crippen LogP contribution in [-0.4, -0.2) is 32.8 Å². The highest BCUT2D eigenvalue weighted by atomic mass is 32.2. The first-order valence-corrected chi connectivity index (χ1v) is 5.16. The lowest BCUT2D eigenvalue weighted by Gasteiger charge is -2.04. The van der Waals surface area contributed by atoms with Gasteiger partial charge in [-0.25, -0.2) is 0 Å². The lowest BCUT2D eigenvalue weighted by Crippen LogP contribution is -2.32. The van der Waals surface area contributed by atoms with Gasteiger partial charge in [-0.3, -0.25) is 14.8 Å². The molecule has 0 aromatic carbocycles. The number of aromatic nitrogens is 2. The lowest BCUT2D eigenvalue weighted by molar-refractivity contribution is -0.137. The van der Waals surface area contributed by atoms with Crippen LogP contribution in [0.25, 0.3) is 0 Å². The largest absolute Gasteiger partial charge is 0.480 e. The summed E-state index contributed by atoms with van der Waals surface area (Å²) in [5.74, 6) is 0.0393. The van der Waals surface area contributed by atoms with Gasteiger partial charge in [-0.1, -0.05) is 0 Å². The zero-order chi connectivity index (χ0) is 10.4. The van der Waals surface area contributed by atoms with Gasteiger partial charge in [0.1, 0.15) is 6.04 Å². The first-order valence-electron chi connectivity index (χ1n) is 4.01. The zero-order valence-corrected chi connectivity index (χ0v) is 8.28. The summed E-state index contributed by atoms with van der Waals surface area (Å²) in [6.45, 7) is 0. The van der Waals surface area contributed by atoms with Crippen molar-refractivity contribution in [3.63, 3.8) is 0 Å². The molecular formula is C8H11N3O2S. The van der Waals surface area contributed by atoms with Gasteiger partial charge in [0, 0.05) is 30.1 Å². The zero-order valence-electron chi connectivity index (χ0n) is 7.46.